The minimum atomic E-state index is -1.08. The van der Waals surface area contributed by atoms with Gasteiger partial charge in [0.1, 0.15) is 11.8 Å². The molecule has 0 radical (unpaired) electrons. The van der Waals surface area contributed by atoms with Crippen LogP contribution in [0.4, 0.5) is 5.69 Å². The highest BCUT2D eigenvalue weighted by Crippen LogP contribution is 2.26. The molecule has 3 N–H and O–H groups in total. The average molecular weight is 239 g/mol. The summed E-state index contributed by atoms with van der Waals surface area (Å²) in [6.45, 7) is 1.45. The van der Waals surface area contributed by atoms with Gasteiger partial charge >= 0.3 is 11.9 Å². The van der Waals surface area contributed by atoms with E-state index in [4.69, 9.17) is 14.9 Å². The molecular weight excluding hydrogens is 226 g/mol. The molecule has 1 rings (SSSR count). The summed E-state index contributed by atoms with van der Waals surface area (Å²) in [5, 5.41) is 20.3. The lowest BCUT2D eigenvalue weighted by molar-refractivity contribution is -0.137. The summed E-state index contributed by atoms with van der Waals surface area (Å²) in [6.07, 6.45) is 0. The normalized spacial score (nSPS) is 11.6. The number of aromatic carboxylic acids is 1. The van der Waals surface area contributed by atoms with Crippen molar-refractivity contribution in [2.45, 2.75) is 13.0 Å². The molecule has 0 saturated heterocycles. The second kappa shape index (κ2) is 5.20. The second-order valence-electron chi connectivity index (χ2n) is 3.42. The number of carboxylic acids is 2. The number of methoxy groups -OCH3 is 1. The molecule has 92 valence electrons. The molecule has 0 bridgehead atoms. The van der Waals surface area contributed by atoms with E-state index < -0.39 is 18.0 Å². The summed E-state index contributed by atoms with van der Waals surface area (Å²) >= 11 is 0. The van der Waals surface area contributed by atoms with Crippen LogP contribution in [0.2, 0.25) is 0 Å². The smallest absolute Gasteiger partial charge is 0.335 e. The van der Waals surface area contributed by atoms with E-state index >= 15 is 0 Å². The largest absolute Gasteiger partial charge is 0.495 e. The Hall–Kier alpha value is -2.24. The molecule has 0 spiro atoms. The van der Waals surface area contributed by atoms with Gasteiger partial charge in [0.25, 0.3) is 0 Å². The predicted molar refractivity (Wildman–Crippen MR) is 60.7 cm³/mol. The minimum Gasteiger partial charge on any atom is -0.495 e. The van der Waals surface area contributed by atoms with Gasteiger partial charge in [-0.1, -0.05) is 0 Å². The van der Waals surface area contributed by atoms with E-state index in [-0.39, 0.29) is 5.56 Å². The highest BCUT2D eigenvalue weighted by Gasteiger charge is 2.14. The lowest BCUT2D eigenvalue weighted by Crippen LogP contribution is -2.25. The molecule has 6 nitrogen and oxygen atoms in total. The molecule has 17 heavy (non-hydrogen) atoms. The number of rotatable bonds is 5. The van der Waals surface area contributed by atoms with Gasteiger partial charge in [0.2, 0.25) is 0 Å². The third-order valence-electron chi connectivity index (χ3n) is 2.19. The maximum Gasteiger partial charge on any atom is 0.335 e. The van der Waals surface area contributed by atoms with Gasteiger partial charge in [-0.2, -0.15) is 0 Å². The minimum absolute atomic E-state index is 0.0610. The third-order valence-corrected chi connectivity index (χ3v) is 2.19. The highest BCUT2D eigenvalue weighted by atomic mass is 16.5. The van der Waals surface area contributed by atoms with Gasteiger partial charge in [0.15, 0.2) is 0 Å². The lowest BCUT2D eigenvalue weighted by atomic mass is 10.1. The van der Waals surface area contributed by atoms with Gasteiger partial charge in [0.05, 0.1) is 18.4 Å². The van der Waals surface area contributed by atoms with Crippen LogP contribution >= 0.6 is 0 Å². The van der Waals surface area contributed by atoms with Crippen molar-refractivity contribution in [2.24, 2.45) is 0 Å². The van der Waals surface area contributed by atoms with Crippen LogP contribution < -0.4 is 10.1 Å². The van der Waals surface area contributed by atoms with Crippen molar-refractivity contribution in [1.29, 1.82) is 0 Å². The van der Waals surface area contributed by atoms with Crippen LogP contribution in [0.5, 0.6) is 5.75 Å². The van der Waals surface area contributed by atoms with E-state index in [1.165, 1.54) is 32.2 Å². The molecule has 1 atom stereocenters. The molecule has 0 aliphatic carbocycles. The molecular formula is C11H13NO5. The molecule has 0 amide bonds. The number of hydrogen-bond donors (Lipinski definition) is 3. The fraction of sp³-hybridized carbons (Fsp3) is 0.273. The van der Waals surface area contributed by atoms with E-state index in [2.05, 4.69) is 5.32 Å². The second-order valence-corrected chi connectivity index (χ2v) is 3.42. The van der Waals surface area contributed by atoms with Crippen molar-refractivity contribution in [1.82, 2.24) is 0 Å². The molecule has 0 aliphatic rings. The topological polar surface area (TPSA) is 95.9 Å². The van der Waals surface area contributed by atoms with Crippen LogP contribution in [0, 0.1) is 0 Å². The summed E-state index contributed by atoms with van der Waals surface area (Å²) < 4.78 is 5.01. The monoisotopic (exact) mass is 239 g/mol. The predicted octanol–water partition coefficient (Wildman–Crippen LogP) is 1.28. The molecule has 1 aromatic carbocycles. The van der Waals surface area contributed by atoms with Crippen LogP contribution in [0.15, 0.2) is 18.2 Å². The van der Waals surface area contributed by atoms with Crippen molar-refractivity contribution in [2.75, 3.05) is 12.4 Å². The first-order valence-electron chi connectivity index (χ1n) is 4.86. The molecule has 0 aliphatic heterocycles. The first-order valence-corrected chi connectivity index (χ1v) is 4.86. The third kappa shape index (κ3) is 3.10. The van der Waals surface area contributed by atoms with E-state index in [0.717, 1.165) is 0 Å². The maximum absolute atomic E-state index is 10.8. The number of hydrogen-bond acceptors (Lipinski definition) is 4. The fourth-order valence-electron chi connectivity index (χ4n) is 1.25. The summed E-state index contributed by atoms with van der Waals surface area (Å²) in [4.78, 5) is 21.5. The van der Waals surface area contributed by atoms with Crippen molar-refractivity contribution in [3.8, 4) is 5.75 Å². The van der Waals surface area contributed by atoms with Gasteiger partial charge in [-0.05, 0) is 25.1 Å². The average Bonchev–Trinajstić information content (AvgIpc) is 2.28. The molecule has 0 aromatic heterocycles. The van der Waals surface area contributed by atoms with Crippen LogP contribution in [-0.4, -0.2) is 35.3 Å². The van der Waals surface area contributed by atoms with Crippen molar-refractivity contribution < 1.29 is 24.5 Å². The first kappa shape index (κ1) is 12.8. The SMILES string of the molecule is COc1ccc(C(=O)O)cc1NC(C)C(=O)O. The zero-order valence-electron chi connectivity index (χ0n) is 9.43. The Bertz CT molecular complexity index is 443. The van der Waals surface area contributed by atoms with Gasteiger partial charge in [-0.25, -0.2) is 4.79 Å². The molecule has 1 unspecified atom stereocenters. The molecule has 0 heterocycles. The zero-order chi connectivity index (χ0) is 13.0. The van der Waals surface area contributed by atoms with Gasteiger partial charge in [-0.15, -0.1) is 0 Å². The van der Waals surface area contributed by atoms with E-state index in [1.807, 2.05) is 0 Å². The van der Waals surface area contributed by atoms with Gasteiger partial charge in [-0.3, -0.25) is 4.79 Å². The Balaban J connectivity index is 3.06. The zero-order valence-corrected chi connectivity index (χ0v) is 9.43. The molecule has 1 aromatic rings. The summed E-state index contributed by atoms with van der Waals surface area (Å²) in [7, 11) is 1.42. The Kier molecular flexibility index (Phi) is 3.92. The van der Waals surface area contributed by atoms with Crippen LogP contribution in [-0.2, 0) is 4.79 Å². The number of carbonyl (C=O) groups is 2. The fourth-order valence-corrected chi connectivity index (χ4v) is 1.25. The Morgan fingerprint density at radius 2 is 2.00 bits per heavy atom. The molecule has 6 heteroatoms. The standard InChI is InChI=1S/C11H13NO5/c1-6(10(13)14)12-8-5-7(11(15)16)3-4-9(8)17-2/h3-6,12H,1-2H3,(H,13,14)(H,15,16). The van der Waals surface area contributed by atoms with E-state index in [0.29, 0.717) is 11.4 Å². The van der Waals surface area contributed by atoms with Gasteiger partial charge in [0, 0.05) is 0 Å². The Morgan fingerprint density at radius 1 is 1.35 bits per heavy atom. The summed E-state index contributed by atoms with van der Waals surface area (Å²) in [5.74, 6) is -1.73. The van der Waals surface area contributed by atoms with Gasteiger partial charge < -0.3 is 20.3 Å². The number of benzene rings is 1. The van der Waals surface area contributed by atoms with E-state index in [9.17, 15) is 9.59 Å². The van der Waals surface area contributed by atoms with E-state index in [1.54, 1.807) is 0 Å². The first-order chi connectivity index (χ1) is 7.95. The number of carboxylic acid groups (broad SMARTS) is 2. The van der Waals surface area contributed by atoms with Crippen LogP contribution in [0.25, 0.3) is 0 Å². The number of aliphatic carboxylic acids is 1. The van der Waals surface area contributed by atoms with Crippen molar-refractivity contribution in [3.63, 3.8) is 0 Å². The van der Waals surface area contributed by atoms with Crippen LogP contribution in [0.1, 0.15) is 17.3 Å². The summed E-state index contributed by atoms with van der Waals surface area (Å²) in [6, 6.07) is 3.35. The molecule has 0 fully saturated rings. The summed E-state index contributed by atoms with van der Waals surface area (Å²) in [5.41, 5.74) is 0.396. The number of anilines is 1. The lowest BCUT2D eigenvalue weighted by Gasteiger charge is -2.14. The van der Waals surface area contributed by atoms with Crippen LogP contribution in [0.3, 0.4) is 0 Å². The number of nitrogens with one attached hydrogen (secondary N) is 1. The maximum atomic E-state index is 10.8. The Labute approximate surface area is 97.8 Å². The number of ether oxygens (including phenoxy) is 1. The quantitative estimate of drug-likeness (QED) is 0.716. The Morgan fingerprint density at radius 3 is 2.47 bits per heavy atom. The highest BCUT2D eigenvalue weighted by molar-refractivity contribution is 5.90. The molecule has 0 saturated carbocycles. The van der Waals surface area contributed by atoms with Crippen molar-refractivity contribution >= 4 is 17.6 Å². The van der Waals surface area contributed by atoms with Crippen molar-refractivity contribution in [3.05, 3.63) is 23.8 Å².